The number of nitrogens with one attached hydrogen (secondary N) is 1. The summed E-state index contributed by atoms with van der Waals surface area (Å²) in [6.45, 7) is 4.13. The summed E-state index contributed by atoms with van der Waals surface area (Å²) in [5.41, 5.74) is 2.13. The van der Waals surface area contributed by atoms with Gasteiger partial charge in [0, 0.05) is 28.7 Å². The Morgan fingerprint density at radius 3 is 2.68 bits per heavy atom. The van der Waals surface area contributed by atoms with E-state index in [0.29, 0.717) is 46.1 Å². The number of Topliss-reactive ketones (excluding diaryl/α,β-unsaturated/α-hetero) is 1. The lowest BCUT2D eigenvalue weighted by Gasteiger charge is -2.19. The zero-order chi connectivity index (χ0) is 22.2. The molecule has 31 heavy (non-hydrogen) atoms. The maximum absolute atomic E-state index is 12.8. The van der Waals surface area contributed by atoms with E-state index in [0.717, 1.165) is 5.56 Å². The molecule has 0 spiro atoms. The number of rotatable bonds is 6. The van der Waals surface area contributed by atoms with E-state index in [1.165, 1.54) is 0 Å². The van der Waals surface area contributed by atoms with Crippen LogP contribution in [0.4, 0.5) is 0 Å². The standard InChI is InChI=1S/C24H25NO6/c1-24(2)12-15-9-14(10-21(29-4)22(15)31-24)19(26)13-25-23(27)17-7-8-30-20-6-5-16(28-3)11-18(17)20/h5-7,9-11H,8,12-13H2,1-4H3,(H,25,27). The number of carbonyl (C=O) groups is 2. The Morgan fingerprint density at radius 2 is 1.94 bits per heavy atom. The highest BCUT2D eigenvalue weighted by Gasteiger charge is 2.33. The molecule has 0 aliphatic carbocycles. The molecule has 0 saturated heterocycles. The van der Waals surface area contributed by atoms with Crippen LogP contribution in [0.15, 0.2) is 36.4 Å². The van der Waals surface area contributed by atoms with Gasteiger partial charge in [0.2, 0.25) is 0 Å². The number of methoxy groups -OCH3 is 2. The van der Waals surface area contributed by atoms with Crippen molar-refractivity contribution >= 4 is 17.3 Å². The third-order valence-electron chi connectivity index (χ3n) is 5.33. The lowest BCUT2D eigenvalue weighted by atomic mass is 9.98. The van der Waals surface area contributed by atoms with Crippen molar-refractivity contribution in [2.45, 2.75) is 25.9 Å². The van der Waals surface area contributed by atoms with Gasteiger partial charge in [0.15, 0.2) is 17.3 Å². The predicted octanol–water partition coefficient (Wildman–Crippen LogP) is 3.19. The van der Waals surface area contributed by atoms with Crippen molar-refractivity contribution in [1.29, 1.82) is 0 Å². The van der Waals surface area contributed by atoms with E-state index in [-0.39, 0.29) is 30.4 Å². The zero-order valence-corrected chi connectivity index (χ0v) is 18.0. The van der Waals surface area contributed by atoms with Crippen LogP contribution in [0.5, 0.6) is 23.0 Å². The summed E-state index contributed by atoms with van der Waals surface area (Å²) < 4.78 is 22.2. The van der Waals surface area contributed by atoms with Crippen LogP contribution in [0, 0.1) is 0 Å². The summed E-state index contributed by atoms with van der Waals surface area (Å²) >= 11 is 0. The molecule has 0 fully saturated rings. The zero-order valence-electron chi connectivity index (χ0n) is 18.0. The van der Waals surface area contributed by atoms with Gasteiger partial charge < -0.3 is 24.3 Å². The van der Waals surface area contributed by atoms with Gasteiger partial charge in [-0.1, -0.05) is 0 Å². The van der Waals surface area contributed by atoms with Crippen LogP contribution in [0.1, 0.15) is 35.3 Å². The first-order valence-corrected chi connectivity index (χ1v) is 10.0. The molecule has 2 aliphatic rings. The van der Waals surface area contributed by atoms with Gasteiger partial charge in [-0.15, -0.1) is 0 Å². The van der Waals surface area contributed by atoms with E-state index in [1.54, 1.807) is 44.6 Å². The number of ether oxygens (including phenoxy) is 4. The molecule has 1 amide bonds. The minimum absolute atomic E-state index is 0.136. The number of ketones is 1. The smallest absolute Gasteiger partial charge is 0.252 e. The molecule has 0 unspecified atom stereocenters. The van der Waals surface area contributed by atoms with Gasteiger partial charge in [-0.3, -0.25) is 9.59 Å². The molecule has 0 atom stereocenters. The number of carbonyl (C=O) groups excluding carboxylic acids is 2. The summed E-state index contributed by atoms with van der Waals surface area (Å²) in [4.78, 5) is 25.7. The van der Waals surface area contributed by atoms with Crippen molar-refractivity contribution in [3.8, 4) is 23.0 Å². The van der Waals surface area contributed by atoms with Gasteiger partial charge in [-0.05, 0) is 50.3 Å². The van der Waals surface area contributed by atoms with Crippen LogP contribution < -0.4 is 24.3 Å². The molecule has 1 N–H and O–H groups in total. The van der Waals surface area contributed by atoms with Gasteiger partial charge in [-0.2, -0.15) is 0 Å². The third-order valence-corrected chi connectivity index (χ3v) is 5.33. The highest BCUT2D eigenvalue weighted by Crippen LogP contribution is 2.42. The van der Waals surface area contributed by atoms with Crippen molar-refractivity contribution in [3.63, 3.8) is 0 Å². The number of fused-ring (bicyclic) bond motifs is 2. The molecule has 4 rings (SSSR count). The van der Waals surface area contributed by atoms with Crippen molar-refractivity contribution in [2.24, 2.45) is 0 Å². The molecule has 0 aromatic heterocycles. The Bertz CT molecular complexity index is 1090. The van der Waals surface area contributed by atoms with Crippen LogP contribution in [-0.4, -0.2) is 44.7 Å². The van der Waals surface area contributed by atoms with Crippen LogP contribution in [0.25, 0.3) is 5.57 Å². The average molecular weight is 423 g/mol. The maximum Gasteiger partial charge on any atom is 0.252 e. The highest BCUT2D eigenvalue weighted by molar-refractivity contribution is 6.21. The van der Waals surface area contributed by atoms with Gasteiger partial charge in [0.25, 0.3) is 5.91 Å². The number of hydrogen-bond donors (Lipinski definition) is 1. The van der Waals surface area contributed by atoms with Gasteiger partial charge in [0.05, 0.1) is 20.8 Å². The molecule has 2 aliphatic heterocycles. The molecule has 2 aromatic rings. The first-order valence-electron chi connectivity index (χ1n) is 10.0. The minimum Gasteiger partial charge on any atom is -0.497 e. The van der Waals surface area contributed by atoms with Crippen LogP contribution in [0.3, 0.4) is 0 Å². The van der Waals surface area contributed by atoms with Crippen LogP contribution in [-0.2, 0) is 11.2 Å². The van der Waals surface area contributed by atoms with Crippen molar-refractivity contribution in [3.05, 3.63) is 53.1 Å². The maximum atomic E-state index is 12.8. The van der Waals surface area contributed by atoms with E-state index >= 15 is 0 Å². The van der Waals surface area contributed by atoms with Crippen molar-refractivity contribution in [1.82, 2.24) is 5.32 Å². The third kappa shape index (κ3) is 4.08. The first-order chi connectivity index (χ1) is 14.8. The van der Waals surface area contributed by atoms with E-state index in [9.17, 15) is 9.59 Å². The van der Waals surface area contributed by atoms with E-state index in [4.69, 9.17) is 18.9 Å². The van der Waals surface area contributed by atoms with Gasteiger partial charge in [0.1, 0.15) is 23.7 Å². The Hall–Kier alpha value is -3.48. The molecule has 7 heteroatoms. The second-order valence-corrected chi connectivity index (χ2v) is 8.10. The van der Waals surface area contributed by atoms with Crippen molar-refractivity contribution < 1.29 is 28.5 Å². The fraction of sp³-hybridized carbons (Fsp3) is 0.333. The fourth-order valence-corrected chi connectivity index (χ4v) is 3.86. The summed E-state index contributed by atoms with van der Waals surface area (Å²) in [6.07, 6.45) is 2.37. The second-order valence-electron chi connectivity index (χ2n) is 8.10. The molecule has 7 nitrogen and oxygen atoms in total. The van der Waals surface area contributed by atoms with Gasteiger partial charge >= 0.3 is 0 Å². The van der Waals surface area contributed by atoms with E-state index in [2.05, 4.69) is 5.32 Å². The quantitative estimate of drug-likeness (QED) is 0.719. The Morgan fingerprint density at radius 1 is 1.13 bits per heavy atom. The molecule has 0 radical (unpaired) electrons. The van der Waals surface area contributed by atoms with Gasteiger partial charge in [-0.25, -0.2) is 0 Å². The number of benzene rings is 2. The molecule has 2 heterocycles. The highest BCUT2D eigenvalue weighted by atomic mass is 16.5. The monoisotopic (exact) mass is 423 g/mol. The topological polar surface area (TPSA) is 83.1 Å². The molecular formula is C24H25NO6. The molecule has 162 valence electrons. The van der Waals surface area contributed by atoms with Crippen molar-refractivity contribution in [2.75, 3.05) is 27.4 Å². The summed E-state index contributed by atoms with van der Waals surface area (Å²) in [7, 11) is 3.11. The summed E-state index contributed by atoms with van der Waals surface area (Å²) in [5.74, 6) is 1.86. The lowest BCUT2D eigenvalue weighted by Crippen LogP contribution is -2.31. The molecule has 2 aromatic carbocycles. The second kappa shape index (κ2) is 7.98. The minimum atomic E-state index is -0.352. The SMILES string of the molecule is COc1ccc2c(c1)C(C(=O)NCC(=O)c1cc3c(c(OC)c1)OC(C)(C)C3)=CCO2. The van der Waals surface area contributed by atoms with E-state index < -0.39 is 0 Å². The summed E-state index contributed by atoms with van der Waals surface area (Å²) in [5, 5.41) is 2.73. The molecule has 0 saturated carbocycles. The van der Waals surface area contributed by atoms with Crippen LogP contribution in [0.2, 0.25) is 0 Å². The number of amides is 1. The Labute approximate surface area is 180 Å². The fourth-order valence-electron chi connectivity index (χ4n) is 3.86. The lowest BCUT2D eigenvalue weighted by molar-refractivity contribution is -0.115. The summed E-state index contributed by atoms with van der Waals surface area (Å²) in [6, 6.07) is 8.75. The molecule has 0 bridgehead atoms. The normalized spacial score (nSPS) is 15.5. The molecular weight excluding hydrogens is 398 g/mol. The number of hydrogen-bond acceptors (Lipinski definition) is 6. The first kappa shape index (κ1) is 20.8. The van der Waals surface area contributed by atoms with Crippen LogP contribution >= 0.6 is 0 Å². The predicted molar refractivity (Wildman–Crippen MR) is 115 cm³/mol. The Kier molecular flexibility index (Phi) is 5.35. The average Bonchev–Trinajstić information content (AvgIpc) is 3.09. The van der Waals surface area contributed by atoms with E-state index in [1.807, 2.05) is 19.9 Å². The largest absolute Gasteiger partial charge is 0.497 e. The Balaban J connectivity index is 1.49.